The van der Waals surface area contributed by atoms with Crippen molar-refractivity contribution in [3.8, 4) is 0 Å². The first-order chi connectivity index (χ1) is 20.2. The van der Waals surface area contributed by atoms with Gasteiger partial charge in [0.15, 0.2) is 6.10 Å². The molecule has 0 aromatic heterocycles. The van der Waals surface area contributed by atoms with Crippen molar-refractivity contribution in [3.05, 3.63) is 12.3 Å². The van der Waals surface area contributed by atoms with E-state index < -0.39 is 82.8 Å². The van der Waals surface area contributed by atoms with Crippen LogP contribution in [0.4, 0.5) is 0 Å². The monoisotopic (exact) mass is 608 g/mol. The standard InChI is InChI=1S/C31H44O12/c1-15-10-25(41-20(6)34)30(13-38-18(4)32)23(29(15,7)24-11-21-8-9-37-28(21)42-24)12-22(35)26(31(30)14-39-31)43-27(36)16(2)17(3)40-19(5)33/h8-9,15-17,21-26,28,35H,10-14H2,1-7H3/t15-,16?,17?,21-,22-,23-,24+,25+,26+,28+,29+,30+,31-/m1/s1. The van der Waals surface area contributed by atoms with E-state index in [1.807, 2.05) is 6.08 Å². The van der Waals surface area contributed by atoms with Gasteiger partial charge in [-0.1, -0.05) is 13.8 Å². The Morgan fingerprint density at radius 1 is 1.02 bits per heavy atom. The smallest absolute Gasteiger partial charge is 0.312 e. The molecule has 5 aliphatic rings. The lowest BCUT2D eigenvalue weighted by molar-refractivity contribution is -0.284. The summed E-state index contributed by atoms with van der Waals surface area (Å²) in [6.45, 7) is 11.1. The van der Waals surface area contributed by atoms with Gasteiger partial charge >= 0.3 is 23.9 Å². The molecular weight excluding hydrogens is 564 g/mol. The van der Waals surface area contributed by atoms with Crippen molar-refractivity contribution in [2.75, 3.05) is 13.2 Å². The lowest BCUT2D eigenvalue weighted by Crippen LogP contribution is -2.74. The minimum Gasteiger partial charge on any atom is -0.472 e. The fourth-order valence-electron chi connectivity index (χ4n) is 8.39. The number of fused-ring (bicyclic) bond motifs is 3. The van der Waals surface area contributed by atoms with Crippen molar-refractivity contribution in [3.63, 3.8) is 0 Å². The summed E-state index contributed by atoms with van der Waals surface area (Å²) in [5, 5.41) is 11.7. The molecule has 0 amide bonds. The minimum atomic E-state index is -1.32. The number of hydrogen-bond donors (Lipinski definition) is 1. The normalized spacial score (nSPS) is 43.9. The maximum absolute atomic E-state index is 13.4. The van der Waals surface area contributed by atoms with Crippen LogP contribution >= 0.6 is 0 Å². The Hall–Kier alpha value is -2.70. The number of rotatable bonds is 8. The van der Waals surface area contributed by atoms with E-state index in [1.54, 1.807) is 20.1 Å². The van der Waals surface area contributed by atoms with Crippen LogP contribution in [0.25, 0.3) is 0 Å². The van der Waals surface area contributed by atoms with Crippen LogP contribution < -0.4 is 0 Å². The van der Waals surface area contributed by atoms with Gasteiger partial charge < -0.3 is 38.3 Å². The molecule has 3 aliphatic heterocycles. The first kappa shape index (κ1) is 31.7. The second-order valence-electron chi connectivity index (χ2n) is 13.3. The average Bonchev–Trinajstić information content (AvgIpc) is 3.40. The molecule has 1 N–H and O–H groups in total. The number of epoxide rings is 1. The van der Waals surface area contributed by atoms with Crippen LogP contribution in [0.15, 0.2) is 12.3 Å². The molecule has 4 fully saturated rings. The van der Waals surface area contributed by atoms with Gasteiger partial charge in [-0.25, -0.2) is 0 Å². The van der Waals surface area contributed by atoms with Crippen molar-refractivity contribution in [2.24, 2.45) is 34.5 Å². The Bertz CT molecular complexity index is 1160. The van der Waals surface area contributed by atoms with Gasteiger partial charge in [-0.15, -0.1) is 0 Å². The number of aliphatic hydroxyl groups excluding tert-OH is 1. The van der Waals surface area contributed by atoms with Crippen molar-refractivity contribution < 1.29 is 57.4 Å². The number of esters is 4. The van der Waals surface area contributed by atoms with Gasteiger partial charge in [-0.05, 0) is 51.0 Å². The Balaban J connectivity index is 1.57. The van der Waals surface area contributed by atoms with Gasteiger partial charge in [0.05, 0.1) is 36.4 Å². The first-order valence-electron chi connectivity index (χ1n) is 15.1. The number of carbonyl (C=O) groups excluding carboxylic acids is 4. The third kappa shape index (κ3) is 5.12. The Morgan fingerprint density at radius 2 is 1.72 bits per heavy atom. The minimum absolute atomic E-state index is 0.0492. The van der Waals surface area contributed by atoms with Crippen LogP contribution in [-0.4, -0.2) is 84.6 Å². The largest absolute Gasteiger partial charge is 0.472 e. The van der Waals surface area contributed by atoms with E-state index in [9.17, 15) is 24.3 Å². The molecule has 0 radical (unpaired) electrons. The van der Waals surface area contributed by atoms with E-state index in [0.717, 1.165) is 0 Å². The van der Waals surface area contributed by atoms with Crippen LogP contribution in [-0.2, 0) is 52.3 Å². The summed E-state index contributed by atoms with van der Waals surface area (Å²) < 4.78 is 41.4. The quantitative estimate of drug-likeness (QED) is 0.244. The zero-order chi connectivity index (χ0) is 31.5. The zero-order valence-corrected chi connectivity index (χ0v) is 25.9. The predicted molar refractivity (Wildman–Crippen MR) is 147 cm³/mol. The number of ether oxygens (including phenoxy) is 7. The highest BCUT2D eigenvalue weighted by Gasteiger charge is 2.81. The maximum Gasteiger partial charge on any atom is 0.312 e. The highest BCUT2D eigenvalue weighted by atomic mass is 16.7. The summed E-state index contributed by atoms with van der Waals surface area (Å²) in [6, 6.07) is 0. The number of carbonyl (C=O) groups is 4. The third-order valence-corrected chi connectivity index (χ3v) is 11.0. The molecule has 2 saturated heterocycles. The SMILES string of the molecule is CC(=O)OC[C@@]12[C@@H](OC(C)=O)C[C@@H](C)[C@](C)([C@@H]3C[C@H]4C=CO[C@H]4O3)[C@H]1C[C@@H](O)[C@H](OC(=O)C(C)C(C)OC(C)=O)[C@]21CO1. The molecule has 5 rings (SSSR count). The van der Waals surface area contributed by atoms with Crippen molar-refractivity contribution in [1.82, 2.24) is 0 Å². The van der Waals surface area contributed by atoms with Crippen LogP contribution in [0.5, 0.6) is 0 Å². The highest BCUT2D eigenvalue weighted by molar-refractivity contribution is 5.74. The maximum atomic E-state index is 13.4. The zero-order valence-electron chi connectivity index (χ0n) is 25.9. The second-order valence-corrected chi connectivity index (χ2v) is 13.3. The van der Waals surface area contributed by atoms with Gasteiger partial charge in [0.25, 0.3) is 0 Å². The molecule has 1 spiro atoms. The molecule has 12 nitrogen and oxygen atoms in total. The van der Waals surface area contributed by atoms with Gasteiger partial charge in [-0.2, -0.15) is 0 Å². The van der Waals surface area contributed by atoms with Crippen molar-refractivity contribution in [1.29, 1.82) is 0 Å². The van der Waals surface area contributed by atoms with Crippen LogP contribution in [0.1, 0.15) is 67.7 Å². The highest BCUT2D eigenvalue weighted by Crippen LogP contribution is 2.70. The molecule has 0 bridgehead atoms. The average molecular weight is 609 g/mol. The summed E-state index contributed by atoms with van der Waals surface area (Å²) in [4.78, 5) is 49.7. The van der Waals surface area contributed by atoms with E-state index in [1.165, 1.54) is 20.8 Å². The molecule has 2 saturated carbocycles. The topological polar surface area (TPSA) is 156 Å². The number of aliphatic hydroxyl groups is 1. The van der Waals surface area contributed by atoms with Crippen LogP contribution in [0, 0.1) is 34.5 Å². The van der Waals surface area contributed by atoms with E-state index in [2.05, 4.69) is 13.8 Å². The van der Waals surface area contributed by atoms with E-state index >= 15 is 0 Å². The van der Waals surface area contributed by atoms with Crippen molar-refractivity contribution in [2.45, 2.75) is 110 Å². The third-order valence-electron chi connectivity index (χ3n) is 11.0. The second kappa shape index (κ2) is 11.3. The molecule has 43 heavy (non-hydrogen) atoms. The van der Waals surface area contributed by atoms with Crippen LogP contribution in [0.3, 0.4) is 0 Å². The van der Waals surface area contributed by atoms with E-state index in [4.69, 9.17) is 33.2 Å². The summed E-state index contributed by atoms with van der Waals surface area (Å²) >= 11 is 0. The fourth-order valence-corrected chi connectivity index (χ4v) is 8.39. The van der Waals surface area contributed by atoms with Gasteiger partial charge in [0.1, 0.15) is 24.4 Å². The Labute approximate surface area is 251 Å². The summed E-state index contributed by atoms with van der Waals surface area (Å²) in [6.07, 6.45) is 0.325. The molecule has 3 heterocycles. The van der Waals surface area contributed by atoms with Gasteiger partial charge in [0, 0.05) is 32.1 Å². The molecule has 240 valence electrons. The number of hydrogen-bond acceptors (Lipinski definition) is 12. The van der Waals surface area contributed by atoms with Gasteiger partial charge in [0.2, 0.25) is 6.29 Å². The molecule has 0 aromatic carbocycles. The fraction of sp³-hybridized carbons (Fsp3) is 0.806. The lowest BCUT2D eigenvalue weighted by Gasteiger charge is -2.65. The first-order valence-corrected chi connectivity index (χ1v) is 15.1. The predicted octanol–water partition coefficient (Wildman–Crippen LogP) is 2.44. The summed E-state index contributed by atoms with van der Waals surface area (Å²) in [5.74, 6) is -3.50. The van der Waals surface area contributed by atoms with Crippen molar-refractivity contribution >= 4 is 23.9 Å². The Kier molecular flexibility index (Phi) is 8.36. The molecule has 13 atom stereocenters. The molecular formula is C31H44O12. The molecule has 2 unspecified atom stereocenters. The van der Waals surface area contributed by atoms with Gasteiger partial charge in [-0.3, -0.25) is 19.2 Å². The summed E-state index contributed by atoms with van der Waals surface area (Å²) in [7, 11) is 0. The molecule has 2 aliphatic carbocycles. The van der Waals surface area contributed by atoms with E-state index in [0.29, 0.717) is 12.8 Å². The lowest BCUT2D eigenvalue weighted by atomic mass is 9.41. The van der Waals surface area contributed by atoms with Crippen LogP contribution in [0.2, 0.25) is 0 Å². The molecule has 12 heteroatoms. The Morgan fingerprint density at radius 3 is 2.30 bits per heavy atom. The summed E-state index contributed by atoms with van der Waals surface area (Å²) in [5.41, 5.74) is -3.11. The van der Waals surface area contributed by atoms with E-state index in [-0.39, 0.29) is 37.6 Å². The molecule has 0 aromatic rings.